The van der Waals surface area contributed by atoms with E-state index in [0.717, 1.165) is 11.6 Å². The normalized spacial score (nSPS) is 18.3. The predicted octanol–water partition coefficient (Wildman–Crippen LogP) is 3.10. The molecule has 3 heteroatoms. The number of hydrogen-bond donors (Lipinski definition) is 1. The Bertz CT molecular complexity index is 313. The van der Waals surface area contributed by atoms with E-state index in [2.05, 4.69) is 9.88 Å². The Morgan fingerprint density at radius 1 is 1.40 bits per heavy atom. The average molecular weight is 227 g/mol. The SMILES string of the molecule is Cn1cc(Cl)cc1CNC1CCCCC1. The molecule has 0 unspecified atom stereocenters. The van der Waals surface area contributed by atoms with E-state index >= 15 is 0 Å². The summed E-state index contributed by atoms with van der Waals surface area (Å²) >= 11 is 5.94. The van der Waals surface area contributed by atoms with Gasteiger partial charge in [0.25, 0.3) is 0 Å². The van der Waals surface area contributed by atoms with E-state index in [1.807, 2.05) is 19.3 Å². The summed E-state index contributed by atoms with van der Waals surface area (Å²) in [4.78, 5) is 0. The van der Waals surface area contributed by atoms with Gasteiger partial charge < -0.3 is 9.88 Å². The van der Waals surface area contributed by atoms with E-state index < -0.39 is 0 Å². The molecule has 0 bridgehead atoms. The van der Waals surface area contributed by atoms with Gasteiger partial charge in [0.05, 0.1) is 5.02 Å². The van der Waals surface area contributed by atoms with Gasteiger partial charge in [-0.1, -0.05) is 30.9 Å². The highest BCUT2D eigenvalue weighted by atomic mass is 35.5. The number of nitrogens with one attached hydrogen (secondary N) is 1. The quantitative estimate of drug-likeness (QED) is 0.838. The molecule has 1 fully saturated rings. The lowest BCUT2D eigenvalue weighted by Gasteiger charge is -2.22. The van der Waals surface area contributed by atoms with Gasteiger partial charge in [-0.3, -0.25) is 0 Å². The van der Waals surface area contributed by atoms with E-state index in [4.69, 9.17) is 11.6 Å². The van der Waals surface area contributed by atoms with Crippen LogP contribution in [0, 0.1) is 0 Å². The van der Waals surface area contributed by atoms with Gasteiger partial charge in [0, 0.05) is 31.5 Å². The molecule has 0 amide bonds. The van der Waals surface area contributed by atoms with Crippen LogP contribution in [0.4, 0.5) is 0 Å². The van der Waals surface area contributed by atoms with Crippen molar-refractivity contribution >= 4 is 11.6 Å². The van der Waals surface area contributed by atoms with Crippen molar-refractivity contribution in [3.05, 3.63) is 23.0 Å². The van der Waals surface area contributed by atoms with E-state index in [-0.39, 0.29) is 0 Å². The van der Waals surface area contributed by atoms with Crippen LogP contribution in [0.3, 0.4) is 0 Å². The van der Waals surface area contributed by atoms with Crippen molar-refractivity contribution in [3.8, 4) is 0 Å². The molecule has 1 aliphatic rings. The van der Waals surface area contributed by atoms with Crippen molar-refractivity contribution in [1.82, 2.24) is 9.88 Å². The van der Waals surface area contributed by atoms with Crippen LogP contribution in [-0.4, -0.2) is 10.6 Å². The lowest BCUT2D eigenvalue weighted by atomic mass is 9.95. The molecular weight excluding hydrogens is 208 g/mol. The summed E-state index contributed by atoms with van der Waals surface area (Å²) < 4.78 is 2.10. The molecule has 1 heterocycles. The van der Waals surface area contributed by atoms with Crippen LogP contribution < -0.4 is 5.32 Å². The van der Waals surface area contributed by atoms with Gasteiger partial charge in [-0.25, -0.2) is 0 Å². The molecule has 1 N–H and O–H groups in total. The number of halogens is 1. The van der Waals surface area contributed by atoms with Gasteiger partial charge in [0.1, 0.15) is 0 Å². The summed E-state index contributed by atoms with van der Waals surface area (Å²) in [5, 5.41) is 4.44. The summed E-state index contributed by atoms with van der Waals surface area (Å²) in [6.45, 7) is 0.938. The first-order valence-corrected chi connectivity index (χ1v) is 6.17. The Balaban J connectivity index is 1.84. The molecule has 1 aromatic rings. The van der Waals surface area contributed by atoms with Gasteiger partial charge in [0.2, 0.25) is 0 Å². The van der Waals surface area contributed by atoms with Crippen molar-refractivity contribution in [2.24, 2.45) is 7.05 Å². The maximum Gasteiger partial charge on any atom is 0.0585 e. The maximum absolute atomic E-state index is 5.94. The summed E-state index contributed by atoms with van der Waals surface area (Å²) in [7, 11) is 2.05. The first kappa shape index (κ1) is 11.0. The van der Waals surface area contributed by atoms with Crippen molar-refractivity contribution in [1.29, 1.82) is 0 Å². The second-order valence-electron chi connectivity index (χ2n) is 4.48. The molecule has 0 radical (unpaired) electrons. The minimum Gasteiger partial charge on any atom is -0.352 e. The lowest BCUT2D eigenvalue weighted by molar-refractivity contribution is 0.369. The molecule has 15 heavy (non-hydrogen) atoms. The van der Waals surface area contributed by atoms with E-state index in [0.29, 0.717) is 6.04 Å². The third-order valence-electron chi connectivity index (χ3n) is 3.25. The zero-order chi connectivity index (χ0) is 10.7. The first-order chi connectivity index (χ1) is 7.25. The standard InChI is InChI=1S/C12H19ClN2/c1-15-9-10(13)7-12(15)8-14-11-5-3-2-4-6-11/h7,9,11,14H,2-6,8H2,1H3. The predicted molar refractivity (Wildman–Crippen MR) is 64.1 cm³/mol. The number of nitrogens with zero attached hydrogens (tertiary/aromatic N) is 1. The second-order valence-corrected chi connectivity index (χ2v) is 4.91. The van der Waals surface area contributed by atoms with Crippen LogP contribution in [0.2, 0.25) is 5.02 Å². The van der Waals surface area contributed by atoms with Gasteiger partial charge >= 0.3 is 0 Å². The number of rotatable bonds is 3. The van der Waals surface area contributed by atoms with Crippen molar-refractivity contribution in [2.45, 2.75) is 44.7 Å². The molecule has 2 nitrogen and oxygen atoms in total. The minimum absolute atomic E-state index is 0.715. The largest absolute Gasteiger partial charge is 0.352 e. The Morgan fingerprint density at radius 3 is 2.73 bits per heavy atom. The van der Waals surface area contributed by atoms with Gasteiger partial charge in [-0.2, -0.15) is 0 Å². The van der Waals surface area contributed by atoms with E-state index in [1.54, 1.807) is 0 Å². The molecule has 2 rings (SSSR count). The molecule has 1 aliphatic carbocycles. The fraction of sp³-hybridized carbons (Fsp3) is 0.667. The first-order valence-electron chi connectivity index (χ1n) is 5.80. The Morgan fingerprint density at radius 2 is 2.13 bits per heavy atom. The lowest BCUT2D eigenvalue weighted by Crippen LogP contribution is -2.30. The number of aryl methyl sites for hydroxylation is 1. The fourth-order valence-corrected chi connectivity index (χ4v) is 2.57. The van der Waals surface area contributed by atoms with Crippen LogP contribution in [0.1, 0.15) is 37.8 Å². The van der Waals surface area contributed by atoms with E-state index in [1.165, 1.54) is 37.8 Å². The highest BCUT2D eigenvalue weighted by Crippen LogP contribution is 2.18. The molecule has 0 spiro atoms. The molecule has 1 saturated carbocycles. The van der Waals surface area contributed by atoms with Crippen molar-refractivity contribution in [3.63, 3.8) is 0 Å². The zero-order valence-corrected chi connectivity index (χ0v) is 10.1. The fourth-order valence-electron chi connectivity index (χ4n) is 2.30. The van der Waals surface area contributed by atoms with E-state index in [9.17, 15) is 0 Å². The maximum atomic E-state index is 5.94. The highest BCUT2D eigenvalue weighted by Gasteiger charge is 2.12. The van der Waals surface area contributed by atoms with Crippen molar-refractivity contribution < 1.29 is 0 Å². The molecule has 0 aromatic carbocycles. The van der Waals surface area contributed by atoms with Crippen molar-refractivity contribution in [2.75, 3.05) is 0 Å². The smallest absolute Gasteiger partial charge is 0.0585 e. The zero-order valence-electron chi connectivity index (χ0n) is 9.30. The van der Waals surface area contributed by atoms with Crippen LogP contribution in [0.15, 0.2) is 12.3 Å². The monoisotopic (exact) mass is 226 g/mol. The van der Waals surface area contributed by atoms with Gasteiger partial charge in [0.15, 0.2) is 0 Å². The molecular formula is C12H19ClN2. The van der Waals surface area contributed by atoms with Gasteiger partial charge in [-0.05, 0) is 18.9 Å². The summed E-state index contributed by atoms with van der Waals surface area (Å²) in [5.41, 5.74) is 1.27. The third kappa shape index (κ3) is 2.99. The molecule has 0 aliphatic heterocycles. The summed E-state index contributed by atoms with van der Waals surface area (Å²) in [6, 6.07) is 2.75. The highest BCUT2D eigenvalue weighted by molar-refractivity contribution is 6.30. The average Bonchev–Trinajstić information content (AvgIpc) is 2.56. The van der Waals surface area contributed by atoms with Gasteiger partial charge in [-0.15, -0.1) is 0 Å². The van der Waals surface area contributed by atoms with Crippen LogP contribution in [-0.2, 0) is 13.6 Å². The second kappa shape index (κ2) is 5.04. The Kier molecular flexibility index (Phi) is 3.71. The minimum atomic E-state index is 0.715. The van der Waals surface area contributed by atoms with Crippen LogP contribution >= 0.6 is 11.6 Å². The molecule has 0 saturated heterocycles. The van der Waals surface area contributed by atoms with Crippen LogP contribution in [0.25, 0.3) is 0 Å². The molecule has 1 aromatic heterocycles. The molecule has 0 atom stereocenters. The Hall–Kier alpha value is -0.470. The number of hydrogen-bond acceptors (Lipinski definition) is 1. The summed E-state index contributed by atoms with van der Waals surface area (Å²) in [6.07, 6.45) is 8.79. The van der Waals surface area contributed by atoms with Crippen LogP contribution in [0.5, 0.6) is 0 Å². The summed E-state index contributed by atoms with van der Waals surface area (Å²) in [5.74, 6) is 0. The Labute approximate surface area is 96.6 Å². The molecule has 84 valence electrons. The number of aromatic nitrogens is 1. The third-order valence-corrected chi connectivity index (χ3v) is 3.46. The topological polar surface area (TPSA) is 17.0 Å².